The van der Waals surface area contributed by atoms with Crippen LogP contribution < -0.4 is 15.0 Å². The van der Waals surface area contributed by atoms with Crippen LogP contribution in [0, 0.1) is 11.3 Å². The summed E-state index contributed by atoms with van der Waals surface area (Å²) in [5, 5.41) is 12.1. The third-order valence-corrected chi connectivity index (χ3v) is 4.56. The number of carbonyl (C=O) groups is 1. The standard InChI is InChI=1S/C24H23N3O2/c1-27(22-11-3-2-4-12-22)15-14-26-24(28)19-10-7-13-23(16-19)29-18-21-9-6-5-8-20(21)17-25/h2-13,16H,14-15,18H2,1H3,(H,26,28). The van der Waals surface area contributed by atoms with Gasteiger partial charge in [0, 0.05) is 37.0 Å². The van der Waals surface area contributed by atoms with Gasteiger partial charge in [0.1, 0.15) is 12.4 Å². The van der Waals surface area contributed by atoms with Crippen LogP contribution in [0.3, 0.4) is 0 Å². The lowest BCUT2D eigenvalue weighted by Gasteiger charge is -2.19. The molecule has 0 aliphatic rings. The van der Waals surface area contributed by atoms with E-state index in [9.17, 15) is 4.79 Å². The topological polar surface area (TPSA) is 65.4 Å². The maximum atomic E-state index is 12.5. The normalized spacial score (nSPS) is 10.1. The van der Waals surface area contributed by atoms with Crippen molar-refractivity contribution in [3.05, 3.63) is 95.6 Å². The van der Waals surface area contributed by atoms with E-state index in [-0.39, 0.29) is 12.5 Å². The summed E-state index contributed by atoms with van der Waals surface area (Å²) in [6.45, 7) is 1.51. The Kier molecular flexibility index (Phi) is 6.85. The Morgan fingerprint density at radius 1 is 1.03 bits per heavy atom. The van der Waals surface area contributed by atoms with Crippen molar-refractivity contribution in [3.63, 3.8) is 0 Å². The van der Waals surface area contributed by atoms with Gasteiger partial charge in [0.15, 0.2) is 0 Å². The first-order chi connectivity index (χ1) is 14.2. The second kappa shape index (κ2) is 9.95. The van der Waals surface area contributed by atoms with E-state index in [1.54, 1.807) is 30.3 Å². The molecule has 0 aliphatic heterocycles. The molecule has 0 unspecified atom stereocenters. The Hall–Kier alpha value is -3.78. The Labute approximate surface area is 171 Å². The summed E-state index contributed by atoms with van der Waals surface area (Å²) in [6.07, 6.45) is 0. The van der Waals surface area contributed by atoms with Crippen molar-refractivity contribution in [1.29, 1.82) is 5.26 Å². The van der Waals surface area contributed by atoms with Crippen LogP contribution in [0.25, 0.3) is 0 Å². The number of rotatable bonds is 8. The van der Waals surface area contributed by atoms with E-state index < -0.39 is 0 Å². The van der Waals surface area contributed by atoms with E-state index >= 15 is 0 Å². The minimum atomic E-state index is -0.144. The summed E-state index contributed by atoms with van der Waals surface area (Å²) >= 11 is 0. The molecule has 0 atom stereocenters. The Morgan fingerprint density at radius 3 is 2.59 bits per heavy atom. The molecule has 0 saturated heterocycles. The van der Waals surface area contributed by atoms with E-state index in [1.807, 2.05) is 55.6 Å². The van der Waals surface area contributed by atoms with Gasteiger partial charge in [-0.1, -0.05) is 42.5 Å². The molecule has 29 heavy (non-hydrogen) atoms. The number of ether oxygens (including phenoxy) is 1. The zero-order valence-corrected chi connectivity index (χ0v) is 16.3. The van der Waals surface area contributed by atoms with Gasteiger partial charge >= 0.3 is 0 Å². The number of hydrogen-bond acceptors (Lipinski definition) is 4. The van der Waals surface area contributed by atoms with Crippen molar-refractivity contribution in [2.75, 3.05) is 25.0 Å². The van der Waals surface area contributed by atoms with Gasteiger partial charge in [-0.2, -0.15) is 5.26 Å². The lowest BCUT2D eigenvalue weighted by molar-refractivity contribution is 0.0954. The van der Waals surface area contributed by atoms with Gasteiger partial charge in [-0.15, -0.1) is 0 Å². The highest BCUT2D eigenvalue weighted by Crippen LogP contribution is 2.17. The van der Waals surface area contributed by atoms with Gasteiger partial charge in [0.2, 0.25) is 0 Å². The van der Waals surface area contributed by atoms with Crippen LogP contribution in [0.15, 0.2) is 78.9 Å². The van der Waals surface area contributed by atoms with E-state index in [4.69, 9.17) is 10.00 Å². The van der Waals surface area contributed by atoms with Crippen LogP contribution in [0.1, 0.15) is 21.5 Å². The molecule has 0 aliphatic carbocycles. The molecular weight excluding hydrogens is 362 g/mol. The lowest BCUT2D eigenvalue weighted by atomic mass is 10.1. The van der Waals surface area contributed by atoms with Crippen LogP contribution in [0.2, 0.25) is 0 Å². The SMILES string of the molecule is CN(CCNC(=O)c1cccc(OCc2ccccc2C#N)c1)c1ccccc1. The van der Waals surface area contributed by atoms with Crippen molar-refractivity contribution in [2.45, 2.75) is 6.61 Å². The van der Waals surface area contributed by atoms with Crippen LogP contribution >= 0.6 is 0 Å². The molecular formula is C24H23N3O2. The summed E-state index contributed by atoms with van der Waals surface area (Å²) in [4.78, 5) is 14.6. The number of para-hydroxylation sites is 1. The van der Waals surface area contributed by atoms with Crippen molar-refractivity contribution >= 4 is 11.6 Å². The maximum absolute atomic E-state index is 12.5. The van der Waals surface area contributed by atoms with Gasteiger partial charge in [-0.3, -0.25) is 4.79 Å². The summed E-state index contributed by atoms with van der Waals surface area (Å²) in [5.41, 5.74) is 3.05. The summed E-state index contributed by atoms with van der Waals surface area (Å²) < 4.78 is 5.79. The van der Waals surface area contributed by atoms with Crippen molar-refractivity contribution < 1.29 is 9.53 Å². The molecule has 0 fully saturated rings. The predicted molar refractivity (Wildman–Crippen MR) is 114 cm³/mol. The number of anilines is 1. The summed E-state index contributed by atoms with van der Waals surface area (Å²) in [5.74, 6) is 0.445. The van der Waals surface area contributed by atoms with Gasteiger partial charge in [0.05, 0.1) is 11.6 Å². The minimum absolute atomic E-state index is 0.144. The molecule has 0 saturated carbocycles. The number of nitrogens with zero attached hydrogens (tertiary/aromatic N) is 2. The second-order valence-corrected chi connectivity index (χ2v) is 6.60. The Morgan fingerprint density at radius 2 is 1.79 bits per heavy atom. The molecule has 146 valence electrons. The molecule has 5 nitrogen and oxygen atoms in total. The zero-order chi connectivity index (χ0) is 20.5. The molecule has 1 N–H and O–H groups in total. The first kappa shape index (κ1) is 20.0. The zero-order valence-electron chi connectivity index (χ0n) is 16.3. The third-order valence-electron chi connectivity index (χ3n) is 4.56. The smallest absolute Gasteiger partial charge is 0.251 e. The number of carbonyl (C=O) groups excluding carboxylic acids is 1. The quantitative estimate of drug-likeness (QED) is 0.636. The third kappa shape index (κ3) is 5.60. The molecule has 3 aromatic carbocycles. The molecule has 0 radical (unpaired) electrons. The highest BCUT2D eigenvalue weighted by Gasteiger charge is 2.08. The lowest BCUT2D eigenvalue weighted by Crippen LogP contribution is -2.32. The van der Waals surface area contributed by atoms with E-state index in [2.05, 4.69) is 16.3 Å². The average molecular weight is 385 g/mol. The van der Waals surface area contributed by atoms with Gasteiger partial charge in [0.25, 0.3) is 5.91 Å². The minimum Gasteiger partial charge on any atom is -0.489 e. The van der Waals surface area contributed by atoms with E-state index in [0.717, 1.165) is 11.3 Å². The fraction of sp³-hybridized carbons (Fsp3) is 0.167. The molecule has 3 aromatic rings. The highest BCUT2D eigenvalue weighted by molar-refractivity contribution is 5.94. The summed E-state index contributed by atoms with van der Waals surface area (Å²) in [6, 6.07) is 26.6. The van der Waals surface area contributed by atoms with Crippen LogP contribution in [0.5, 0.6) is 5.75 Å². The average Bonchev–Trinajstić information content (AvgIpc) is 2.78. The largest absolute Gasteiger partial charge is 0.489 e. The highest BCUT2D eigenvalue weighted by atomic mass is 16.5. The molecule has 3 rings (SSSR count). The molecule has 1 amide bonds. The number of amides is 1. The maximum Gasteiger partial charge on any atom is 0.251 e. The first-order valence-electron chi connectivity index (χ1n) is 9.42. The monoisotopic (exact) mass is 385 g/mol. The molecule has 0 spiro atoms. The Bertz CT molecular complexity index is 996. The molecule has 5 heteroatoms. The van der Waals surface area contributed by atoms with Crippen LogP contribution in [0.4, 0.5) is 5.69 Å². The summed E-state index contributed by atoms with van der Waals surface area (Å²) in [7, 11) is 2.00. The van der Waals surface area contributed by atoms with Crippen molar-refractivity contribution in [2.24, 2.45) is 0 Å². The fourth-order valence-corrected chi connectivity index (χ4v) is 2.89. The number of benzene rings is 3. The van der Waals surface area contributed by atoms with Crippen molar-refractivity contribution in [1.82, 2.24) is 5.32 Å². The predicted octanol–water partition coefficient (Wildman–Crippen LogP) is 4.00. The van der Waals surface area contributed by atoms with Gasteiger partial charge in [-0.25, -0.2) is 0 Å². The first-order valence-corrected chi connectivity index (χ1v) is 9.42. The van der Waals surface area contributed by atoms with Crippen LogP contribution in [-0.4, -0.2) is 26.0 Å². The fourth-order valence-electron chi connectivity index (χ4n) is 2.89. The number of nitriles is 1. The molecule has 0 heterocycles. The number of hydrogen-bond donors (Lipinski definition) is 1. The second-order valence-electron chi connectivity index (χ2n) is 6.60. The number of likely N-dealkylation sites (N-methyl/N-ethyl adjacent to an activating group) is 1. The number of nitrogens with one attached hydrogen (secondary N) is 1. The van der Waals surface area contributed by atoms with E-state index in [1.165, 1.54) is 0 Å². The van der Waals surface area contributed by atoms with Gasteiger partial charge in [-0.05, 0) is 36.4 Å². The van der Waals surface area contributed by atoms with Crippen molar-refractivity contribution in [3.8, 4) is 11.8 Å². The molecule has 0 bridgehead atoms. The Balaban J connectivity index is 1.53. The molecule has 0 aromatic heterocycles. The van der Waals surface area contributed by atoms with Crippen LogP contribution in [-0.2, 0) is 6.61 Å². The van der Waals surface area contributed by atoms with Gasteiger partial charge < -0.3 is 15.0 Å². The van der Waals surface area contributed by atoms with E-state index in [0.29, 0.717) is 30.0 Å².